The summed E-state index contributed by atoms with van der Waals surface area (Å²) in [7, 11) is 0. The second kappa shape index (κ2) is 9.09. The highest BCUT2D eigenvalue weighted by Crippen LogP contribution is 2.26. The van der Waals surface area contributed by atoms with Crippen molar-refractivity contribution in [3.63, 3.8) is 0 Å². The van der Waals surface area contributed by atoms with Crippen molar-refractivity contribution in [3.05, 3.63) is 94.8 Å². The van der Waals surface area contributed by atoms with Crippen molar-refractivity contribution in [2.45, 2.75) is 18.9 Å². The molecular weight excluding hydrogens is 400 g/mol. The van der Waals surface area contributed by atoms with Crippen LogP contribution in [-0.4, -0.2) is 40.8 Å². The van der Waals surface area contributed by atoms with Gasteiger partial charge in [-0.2, -0.15) is 0 Å². The number of amides is 1. The Hall–Kier alpha value is -3.18. The largest absolute Gasteiger partial charge is 0.487 e. The average molecular weight is 421 g/mol. The number of halogens is 1. The second-order valence-electron chi connectivity index (χ2n) is 7.18. The molecule has 30 heavy (non-hydrogen) atoms. The lowest BCUT2D eigenvalue weighted by Crippen LogP contribution is -2.44. The summed E-state index contributed by atoms with van der Waals surface area (Å²) in [6, 6.07) is 17.7. The highest BCUT2D eigenvalue weighted by atomic mass is 35.5. The van der Waals surface area contributed by atoms with Crippen LogP contribution in [-0.2, 0) is 0 Å². The molecule has 1 aliphatic heterocycles. The van der Waals surface area contributed by atoms with E-state index in [-0.39, 0.29) is 17.8 Å². The number of carbonyl (C=O) groups excluding carboxylic acids is 2. The van der Waals surface area contributed by atoms with Crippen molar-refractivity contribution in [1.82, 2.24) is 9.88 Å². The molecular formula is C24H21ClN2O3. The lowest BCUT2D eigenvalue weighted by molar-refractivity contribution is 0.0536. The maximum atomic E-state index is 13.3. The Bertz CT molecular complexity index is 1060. The molecule has 0 aliphatic carbocycles. The molecule has 5 nitrogen and oxygen atoms in total. The zero-order valence-electron chi connectivity index (χ0n) is 16.3. The van der Waals surface area contributed by atoms with Crippen LogP contribution in [0.1, 0.15) is 39.1 Å². The summed E-state index contributed by atoms with van der Waals surface area (Å²) in [5.74, 6) is 0.238. The van der Waals surface area contributed by atoms with Gasteiger partial charge in [-0.1, -0.05) is 60.1 Å². The van der Waals surface area contributed by atoms with Gasteiger partial charge in [0.2, 0.25) is 0 Å². The fourth-order valence-corrected chi connectivity index (χ4v) is 3.80. The van der Waals surface area contributed by atoms with E-state index in [9.17, 15) is 9.59 Å². The monoisotopic (exact) mass is 420 g/mol. The Kier molecular flexibility index (Phi) is 6.10. The zero-order chi connectivity index (χ0) is 20.9. The molecule has 0 bridgehead atoms. The molecule has 1 aromatic heterocycles. The highest BCUT2D eigenvalue weighted by Gasteiger charge is 2.28. The standard InChI is InChI=1S/C24H21ClN2O3/c25-21-15-26-13-12-22(21)30-18-9-6-14-27(16-18)24(29)20-11-5-4-10-19(20)23(28)17-7-2-1-3-8-17/h1-5,7-8,10-13,15,18H,6,9,14,16H2. The summed E-state index contributed by atoms with van der Waals surface area (Å²) in [4.78, 5) is 32.0. The van der Waals surface area contributed by atoms with Gasteiger partial charge in [-0.15, -0.1) is 0 Å². The van der Waals surface area contributed by atoms with Crippen molar-refractivity contribution in [2.75, 3.05) is 13.1 Å². The number of piperidine rings is 1. The quantitative estimate of drug-likeness (QED) is 0.564. The third-order valence-electron chi connectivity index (χ3n) is 5.13. The van der Waals surface area contributed by atoms with Crippen molar-refractivity contribution < 1.29 is 14.3 Å². The molecule has 0 N–H and O–H groups in total. The molecule has 4 rings (SSSR count). The van der Waals surface area contributed by atoms with Crippen LogP contribution in [0.15, 0.2) is 73.1 Å². The molecule has 0 radical (unpaired) electrons. The third kappa shape index (κ3) is 4.36. The van der Waals surface area contributed by atoms with Crippen LogP contribution in [0, 0.1) is 0 Å². The Morgan fingerprint density at radius 1 is 1.00 bits per heavy atom. The molecule has 1 saturated heterocycles. The number of likely N-dealkylation sites (tertiary alicyclic amines) is 1. The Balaban J connectivity index is 1.53. The first-order valence-corrected chi connectivity index (χ1v) is 10.3. The minimum atomic E-state index is -0.167. The van der Waals surface area contributed by atoms with Crippen LogP contribution < -0.4 is 4.74 Å². The number of rotatable bonds is 5. The number of benzene rings is 2. The normalized spacial score (nSPS) is 16.2. The van der Waals surface area contributed by atoms with Gasteiger partial charge in [0.05, 0.1) is 12.1 Å². The summed E-state index contributed by atoms with van der Waals surface area (Å²) < 4.78 is 6.02. The van der Waals surface area contributed by atoms with Gasteiger partial charge in [0.1, 0.15) is 16.9 Å². The summed E-state index contributed by atoms with van der Waals surface area (Å²) in [6.45, 7) is 1.06. The summed E-state index contributed by atoms with van der Waals surface area (Å²) in [5.41, 5.74) is 1.38. The Morgan fingerprint density at radius 2 is 1.73 bits per heavy atom. The molecule has 3 aromatic rings. The molecule has 6 heteroatoms. The van der Waals surface area contributed by atoms with Gasteiger partial charge >= 0.3 is 0 Å². The van der Waals surface area contributed by atoms with Crippen LogP contribution in [0.2, 0.25) is 5.02 Å². The molecule has 1 aliphatic rings. The summed E-state index contributed by atoms with van der Waals surface area (Å²) >= 11 is 6.15. The fraction of sp³-hybridized carbons (Fsp3) is 0.208. The van der Waals surface area contributed by atoms with Gasteiger partial charge in [-0.3, -0.25) is 14.6 Å². The molecule has 0 saturated carbocycles. The third-order valence-corrected chi connectivity index (χ3v) is 5.42. The van der Waals surface area contributed by atoms with E-state index in [1.54, 1.807) is 53.6 Å². The van der Waals surface area contributed by atoms with Crippen molar-refractivity contribution in [2.24, 2.45) is 0 Å². The highest BCUT2D eigenvalue weighted by molar-refractivity contribution is 6.31. The van der Waals surface area contributed by atoms with E-state index in [4.69, 9.17) is 16.3 Å². The van der Waals surface area contributed by atoms with Gasteiger partial charge in [0, 0.05) is 36.1 Å². The Labute approximate surface area is 180 Å². The SMILES string of the molecule is O=C(c1ccccc1)c1ccccc1C(=O)N1CCCC(Oc2ccncc2Cl)C1. The number of ketones is 1. The van der Waals surface area contributed by atoms with Crippen LogP contribution in [0.3, 0.4) is 0 Å². The maximum absolute atomic E-state index is 13.3. The van der Waals surface area contributed by atoms with Crippen LogP contribution in [0.5, 0.6) is 5.75 Å². The van der Waals surface area contributed by atoms with E-state index in [0.29, 0.717) is 40.6 Å². The Morgan fingerprint density at radius 3 is 2.50 bits per heavy atom. The van der Waals surface area contributed by atoms with Crippen molar-refractivity contribution in [1.29, 1.82) is 0 Å². The molecule has 1 unspecified atom stereocenters. The van der Waals surface area contributed by atoms with E-state index in [1.165, 1.54) is 6.20 Å². The minimum Gasteiger partial charge on any atom is -0.487 e. The van der Waals surface area contributed by atoms with Crippen LogP contribution >= 0.6 is 11.6 Å². The molecule has 0 spiro atoms. The van der Waals surface area contributed by atoms with Gasteiger partial charge in [0.25, 0.3) is 5.91 Å². The van der Waals surface area contributed by atoms with Gasteiger partial charge in [-0.25, -0.2) is 0 Å². The lowest BCUT2D eigenvalue weighted by atomic mass is 9.97. The smallest absolute Gasteiger partial charge is 0.254 e. The number of hydrogen-bond acceptors (Lipinski definition) is 4. The van der Waals surface area contributed by atoms with E-state index < -0.39 is 0 Å². The number of aromatic nitrogens is 1. The van der Waals surface area contributed by atoms with E-state index in [0.717, 1.165) is 12.8 Å². The predicted octanol–water partition coefficient (Wildman–Crippen LogP) is 4.65. The van der Waals surface area contributed by atoms with E-state index >= 15 is 0 Å². The first-order chi connectivity index (χ1) is 14.6. The number of ether oxygens (including phenoxy) is 1. The molecule has 2 heterocycles. The molecule has 1 atom stereocenters. The first kappa shape index (κ1) is 20.1. The first-order valence-electron chi connectivity index (χ1n) is 9.87. The van der Waals surface area contributed by atoms with Crippen LogP contribution in [0.25, 0.3) is 0 Å². The number of nitrogens with zero attached hydrogens (tertiary/aromatic N) is 2. The summed E-state index contributed by atoms with van der Waals surface area (Å²) in [6.07, 6.45) is 4.63. The van der Waals surface area contributed by atoms with Gasteiger partial charge < -0.3 is 9.64 Å². The van der Waals surface area contributed by atoms with Gasteiger partial charge in [-0.05, 0) is 18.9 Å². The maximum Gasteiger partial charge on any atom is 0.254 e. The van der Waals surface area contributed by atoms with Crippen molar-refractivity contribution in [3.8, 4) is 5.75 Å². The molecule has 1 fully saturated rings. The van der Waals surface area contributed by atoms with Crippen molar-refractivity contribution >= 4 is 23.3 Å². The minimum absolute atomic E-state index is 0.159. The molecule has 2 aromatic carbocycles. The number of hydrogen-bond donors (Lipinski definition) is 0. The predicted molar refractivity (Wildman–Crippen MR) is 115 cm³/mol. The molecule has 152 valence electrons. The zero-order valence-corrected chi connectivity index (χ0v) is 17.1. The summed E-state index contributed by atoms with van der Waals surface area (Å²) in [5, 5.41) is 0.444. The lowest BCUT2D eigenvalue weighted by Gasteiger charge is -2.33. The van der Waals surface area contributed by atoms with E-state index in [1.807, 2.05) is 18.2 Å². The average Bonchev–Trinajstić information content (AvgIpc) is 2.80. The van der Waals surface area contributed by atoms with E-state index in [2.05, 4.69) is 4.98 Å². The topological polar surface area (TPSA) is 59.5 Å². The van der Waals surface area contributed by atoms with Gasteiger partial charge in [0.15, 0.2) is 5.78 Å². The molecule has 1 amide bonds. The van der Waals surface area contributed by atoms with Crippen LogP contribution in [0.4, 0.5) is 0 Å². The number of pyridine rings is 1. The fourth-order valence-electron chi connectivity index (χ4n) is 3.64. The number of carbonyl (C=O) groups is 2. The second-order valence-corrected chi connectivity index (χ2v) is 7.59.